The number of carbonyl (C=O) groups is 1. The Morgan fingerprint density at radius 1 is 1.05 bits per heavy atom. The lowest BCUT2D eigenvalue weighted by molar-refractivity contribution is -0.138. The molecule has 0 saturated heterocycles. The van der Waals surface area contributed by atoms with Crippen molar-refractivity contribution in [1.82, 2.24) is 10.6 Å². The summed E-state index contributed by atoms with van der Waals surface area (Å²) in [5.74, 6) is -1.08. The smallest absolute Gasteiger partial charge is 0.320 e. The first-order chi connectivity index (χ1) is 9.81. The minimum Gasteiger partial charge on any atom is -0.480 e. The van der Waals surface area contributed by atoms with Gasteiger partial charge in [0.1, 0.15) is 6.04 Å². The Bertz CT molecular complexity index is 316. The van der Waals surface area contributed by atoms with Crippen LogP contribution in [0.15, 0.2) is 0 Å². The molecule has 0 rings (SSSR count). The number of halogens is 1. The summed E-state index contributed by atoms with van der Waals surface area (Å²) in [7, 11) is 0. The third kappa shape index (κ3) is 23.3. The van der Waals surface area contributed by atoms with Gasteiger partial charge >= 0.3 is 5.97 Å². The van der Waals surface area contributed by atoms with Crippen molar-refractivity contribution in [2.75, 3.05) is 19.6 Å². The van der Waals surface area contributed by atoms with Crippen LogP contribution in [0.4, 0.5) is 0 Å². The van der Waals surface area contributed by atoms with Crippen LogP contribution in [0.2, 0.25) is 0 Å². The molecule has 1 atom stereocenters. The molecule has 0 aromatic heterocycles. The van der Waals surface area contributed by atoms with Gasteiger partial charge in [0, 0.05) is 13.1 Å². The Kier molecular flexibility index (Phi) is 19.8. The van der Waals surface area contributed by atoms with E-state index in [1.54, 1.807) is 0 Å². The molecule has 11 heteroatoms. The van der Waals surface area contributed by atoms with Gasteiger partial charge in [-0.2, -0.15) is 0 Å². The number of carboxylic acids is 1. The van der Waals surface area contributed by atoms with Crippen LogP contribution in [-0.2, 0) is 4.79 Å². The molecule has 10 nitrogen and oxygen atoms in total. The standard InChI is InChI=1S/C6H14N4O2.C5H14N4.ClH/c7-4(5(11)12)2-1-3-10-6(8)9;6-3-1-2-4-9-5(7)8;/h4H,1-3,7H2,(H,11,12)(H4,8,9,10);1-4,6H2,(H4,7,8,9);1H. The second-order valence-electron chi connectivity index (χ2n) is 4.26. The van der Waals surface area contributed by atoms with Gasteiger partial charge in [0.25, 0.3) is 0 Å². The van der Waals surface area contributed by atoms with Crippen LogP contribution in [0.1, 0.15) is 25.7 Å². The Hall–Kier alpha value is -1.78. The summed E-state index contributed by atoms with van der Waals surface area (Å²) in [6.45, 7) is 1.95. The third-order valence-electron chi connectivity index (χ3n) is 2.27. The minimum absolute atomic E-state index is 0. The SMILES string of the molecule is Cl.N=C(N)NCCCC(N)C(=O)O.N=C(N)NCCCCN. The Morgan fingerprint density at radius 2 is 1.50 bits per heavy atom. The number of aliphatic carboxylic acids is 1. The summed E-state index contributed by atoms with van der Waals surface area (Å²) >= 11 is 0. The fraction of sp³-hybridized carbons (Fsp3) is 0.727. The quantitative estimate of drug-likeness (QED) is 0.133. The molecule has 132 valence electrons. The lowest BCUT2D eigenvalue weighted by Crippen LogP contribution is -2.34. The summed E-state index contributed by atoms with van der Waals surface area (Å²) in [4.78, 5) is 10.2. The molecular formula is C11H29ClN8O2. The van der Waals surface area contributed by atoms with Crippen LogP contribution in [0, 0.1) is 10.8 Å². The predicted molar refractivity (Wildman–Crippen MR) is 90.2 cm³/mol. The molecule has 0 saturated carbocycles. The summed E-state index contributed by atoms with van der Waals surface area (Å²) in [5.41, 5.74) is 20.5. The monoisotopic (exact) mass is 340 g/mol. The topological polar surface area (TPSA) is 213 Å². The Balaban J connectivity index is -0.000000326. The van der Waals surface area contributed by atoms with E-state index >= 15 is 0 Å². The predicted octanol–water partition coefficient (Wildman–Crippen LogP) is -1.71. The van der Waals surface area contributed by atoms with Crippen LogP contribution in [0.5, 0.6) is 0 Å². The number of hydrogen-bond acceptors (Lipinski definition) is 5. The van der Waals surface area contributed by atoms with E-state index in [2.05, 4.69) is 10.6 Å². The van der Waals surface area contributed by atoms with E-state index in [4.69, 9.17) is 38.9 Å². The van der Waals surface area contributed by atoms with Gasteiger partial charge in [-0.05, 0) is 32.2 Å². The maximum Gasteiger partial charge on any atom is 0.320 e. The van der Waals surface area contributed by atoms with E-state index in [0.717, 1.165) is 19.4 Å². The number of hydrogen-bond donors (Lipinski definition) is 9. The lowest BCUT2D eigenvalue weighted by atomic mass is 10.2. The molecular weight excluding hydrogens is 312 g/mol. The summed E-state index contributed by atoms with van der Waals surface area (Å²) in [5, 5.41) is 27.2. The molecule has 0 aromatic rings. The molecule has 0 aliphatic rings. The van der Waals surface area contributed by atoms with E-state index in [1.807, 2.05) is 0 Å². The van der Waals surface area contributed by atoms with E-state index < -0.39 is 12.0 Å². The second kappa shape index (κ2) is 17.3. The highest BCUT2D eigenvalue weighted by atomic mass is 35.5. The van der Waals surface area contributed by atoms with Crippen molar-refractivity contribution in [3.05, 3.63) is 0 Å². The van der Waals surface area contributed by atoms with Gasteiger partial charge in [0.05, 0.1) is 0 Å². The maximum absolute atomic E-state index is 10.2. The van der Waals surface area contributed by atoms with Gasteiger partial charge in [-0.3, -0.25) is 15.6 Å². The van der Waals surface area contributed by atoms with E-state index in [1.165, 1.54) is 0 Å². The average molecular weight is 341 g/mol. The largest absolute Gasteiger partial charge is 0.480 e. The average Bonchev–Trinajstić information content (AvgIpc) is 2.39. The molecule has 0 aromatic carbocycles. The van der Waals surface area contributed by atoms with Crippen LogP contribution >= 0.6 is 12.4 Å². The number of unbranched alkanes of at least 4 members (excludes halogenated alkanes) is 1. The van der Waals surface area contributed by atoms with Crippen LogP contribution < -0.4 is 33.6 Å². The molecule has 0 radical (unpaired) electrons. The van der Waals surface area contributed by atoms with Gasteiger partial charge in [-0.1, -0.05) is 0 Å². The normalized spacial score (nSPS) is 10.3. The Labute approximate surface area is 136 Å². The molecule has 0 amide bonds. The first-order valence-corrected chi connectivity index (χ1v) is 6.65. The van der Waals surface area contributed by atoms with E-state index in [9.17, 15) is 4.79 Å². The molecule has 22 heavy (non-hydrogen) atoms. The van der Waals surface area contributed by atoms with Crippen molar-refractivity contribution < 1.29 is 9.90 Å². The van der Waals surface area contributed by atoms with Crippen molar-refractivity contribution >= 4 is 30.3 Å². The molecule has 0 aliphatic carbocycles. The Morgan fingerprint density at radius 3 is 1.86 bits per heavy atom. The molecule has 1 unspecified atom stereocenters. The van der Waals surface area contributed by atoms with E-state index in [-0.39, 0.29) is 24.3 Å². The lowest BCUT2D eigenvalue weighted by Gasteiger charge is -2.06. The van der Waals surface area contributed by atoms with Gasteiger partial charge in [0.2, 0.25) is 0 Å². The highest BCUT2D eigenvalue weighted by Crippen LogP contribution is 1.92. The van der Waals surface area contributed by atoms with Gasteiger partial charge in [0.15, 0.2) is 11.9 Å². The maximum atomic E-state index is 10.2. The van der Waals surface area contributed by atoms with Crippen LogP contribution in [0.3, 0.4) is 0 Å². The zero-order valence-electron chi connectivity index (χ0n) is 12.6. The molecule has 0 heterocycles. The number of carboxylic acid groups (broad SMARTS) is 1. The third-order valence-corrected chi connectivity index (χ3v) is 2.27. The molecule has 13 N–H and O–H groups in total. The molecule has 0 bridgehead atoms. The van der Waals surface area contributed by atoms with Crippen LogP contribution in [-0.4, -0.2) is 48.7 Å². The number of rotatable bonds is 9. The molecule has 0 aliphatic heterocycles. The van der Waals surface area contributed by atoms with Crippen molar-refractivity contribution in [2.24, 2.45) is 22.9 Å². The van der Waals surface area contributed by atoms with Crippen LogP contribution in [0.25, 0.3) is 0 Å². The highest BCUT2D eigenvalue weighted by Gasteiger charge is 2.09. The fourth-order valence-corrected chi connectivity index (χ4v) is 1.16. The van der Waals surface area contributed by atoms with E-state index in [0.29, 0.717) is 25.9 Å². The highest BCUT2D eigenvalue weighted by molar-refractivity contribution is 5.85. The molecule has 0 spiro atoms. The summed E-state index contributed by atoms with van der Waals surface area (Å²) in [6, 6.07) is -0.821. The minimum atomic E-state index is -1.00. The van der Waals surface area contributed by atoms with Gasteiger partial charge in [-0.25, -0.2) is 0 Å². The van der Waals surface area contributed by atoms with Crippen molar-refractivity contribution in [2.45, 2.75) is 31.7 Å². The number of nitrogens with two attached hydrogens (primary N) is 4. The first-order valence-electron chi connectivity index (χ1n) is 6.65. The second-order valence-corrected chi connectivity index (χ2v) is 4.26. The summed E-state index contributed by atoms with van der Waals surface area (Å²) < 4.78 is 0. The van der Waals surface area contributed by atoms with Crippen molar-refractivity contribution in [3.63, 3.8) is 0 Å². The van der Waals surface area contributed by atoms with Gasteiger partial charge < -0.3 is 38.7 Å². The number of guanidine groups is 2. The summed E-state index contributed by atoms with van der Waals surface area (Å²) in [6.07, 6.45) is 2.94. The number of nitrogens with one attached hydrogen (secondary N) is 4. The van der Waals surface area contributed by atoms with Gasteiger partial charge in [-0.15, -0.1) is 12.4 Å². The zero-order valence-corrected chi connectivity index (χ0v) is 13.4. The fourth-order valence-electron chi connectivity index (χ4n) is 1.16. The van der Waals surface area contributed by atoms with Crippen molar-refractivity contribution in [3.8, 4) is 0 Å². The van der Waals surface area contributed by atoms with Crippen molar-refractivity contribution in [1.29, 1.82) is 10.8 Å². The first kappa shape index (κ1) is 25.2. The zero-order chi connectivity index (χ0) is 16.7. The molecule has 0 fully saturated rings.